The monoisotopic (exact) mass is 180 g/mol. The molecule has 0 unspecified atom stereocenters. The Kier molecular flexibility index (Phi) is 3.23. The molecule has 0 saturated carbocycles. The van der Waals surface area contributed by atoms with Gasteiger partial charge in [-0.1, -0.05) is 13.8 Å². The van der Waals surface area contributed by atoms with Crippen LogP contribution in [0.15, 0.2) is 18.7 Å². The molecule has 0 aliphatic rings. The van der Waals surface area contributed by atoms with Crippen LogP contribution in [0.4, 0.5) is 0 Å². The number of hydrogen-bond acceptors (Lipinski definition) is 3. The molecule has 0 radical (unpaired) electrons. The third-order valence-electron chi connectivity index (χ3n) is 2.40. The van der Waals surface area contributed by atoms with Crippen molar-refractivity contribution in [3.05, 3.63) is 18.7 Å². The van der Waals surface area contributed by atoms with E-state index in [0.717, 1.165) is 18.6 Å². The predicted molar refractivity (Wildman–Crippen MR) is 51.6 cm³/mol. The summed E-state index contributed by atoms with van der Waals surface area (Å²) in [6.07, 6.45) is 6.85. The maximum atomic E-state index is 5.78. The fourth-order valence-electron chi connectivity index (χ4n) is 1.02. The lowest BCUT2D eigenvalue weighted by molar-refractivity contribution is 0.0793. The van der Waals surface area contributed by atoms with E-state index in [9.17, 15) is 0 Å². The van der Waals surface area contributed by atoms with Crippen molar-refractivity contribution in [2.45, 2.75) is 39.2 Å². The third-order valence-corrected chi connectivity index (χ3v) is 2.40. The highest BCUT2D eigenvalue weighted by Gasteiger charge is 2.21. The van der Waals surface area contributed by atoms with Crippen molar-refractivity contribution >= 4 is 0 Å². The van der Waals surface area contributed by atoms with Gasteiger partial charge < -0.3 is 4.74 Å². The topological polar surface area (TPSA) is 35.0 Å². The number of aromatic nitrogens is 2. The summed E-state index contributed by atoms with van der Waals surface area (Å²) in [6, 6.07) is 0. The van der Waals surface area contributed by atoms with E-state index in [1.807, 2.05) is 0 Å². The van der Waals surface area contributed by atoms with Crippen molar-refractivity contribution in [1.29, 1.82) is 0 Å². The molecule has 0 saturated heterocycles. The van der Waals surface area contributed by atoms with Crippen LogP contribution in [0.3, 0.4) is 0 Å². The minimum absolute atomic E-state index is 0.0925. The van der Waals surface area contributed by atoms with Gasteiger partial charge in [0.1, 0.15) is 11.9 Å². The highest BCUT2D eigenvalue weighted by Crippen LogP contribution is 2.22. The summed E-state index contributed by atoms with van der Waals surface area (Å²) in [4.78, 5) is 7.80. The van der Waals surface area contributed by atoms with Crippen molar-refractivity contribution in [3.8, 4) is 5.75 Å². The molecule has 0 aliphatic carbocycles. The van der Waals surface area contributed by atoms with Crippen molar-refractivity contribution in [2.75, 3.05) is 0 Å². The fraction of sp³-hybridized carbons (Fsp3) is 0.600. The first-order valence-electron chi connectivity index (χ1n) is 4.64. The third kappa shape index (κ3) is 2.68. The summed E-state index contributed by atoms with van der Waals surface area (Å²) in [5.41, 5.74) is -0.0925. The van der Waals surface area contributed by atoms with Gasteiger partial charge in [-0.05, 0) is 19.8 Å². The molecule has 0 fully saturated rings. The highest BCUT2D eigenvalue weighted by atomic mass is 16.5. The summed E-state index contributed by atoms with van der Waals surface area (Å²) in [5, 5.41) is 0. The maximum absolute atomic E-state index is 5.78. The normalized spacial score (nSPS) is 11.3. The molecule has 0 amide bonds. The first-order chi connectivity index (χ1) is 6.20. The van der Waals surface area contributed by atoms with Gasteiger partial charge in [0.25, 0.3) is 0 Å². The van der Waals surface area contributed by atoms with E-state index in [1.165, 1.54) is 6.33 Å². The molecule has 0 bridgehead atoms. The van der Waals surface area contributed by atoms with E-state index < -0.39 is 0 Å². The number of rotatable bonds is 4. The first kappa shape index (κ1) is 9.96. The molecule has 0 aliphatic heterocycles. The summed E-state index contributed by atoms with van der Waals surface area (Å²) < 4.78 is 5.78. The van der Waals surface area contributed by atoms with Crippen molar-refractivity contribution in [2.24, 2.45) is 0 Å². The molecule has 72 valence electrons. The largest absolute Gasteiger partial charge is 0.484 e. The van der Waals surface area contributed by atoms with Crippen molar-refractivity contribution in [1.82, 2.24) is 9.97 Å². The van der Waals surface area contributed by atoms with E-state index in [1.54, 1.807) is 12.4 Å². The molecule has 1 aromatic rings. The first-order valence-corrected chi connectivity index (χ1v) is 4.64. The summed E-state index contributed by atoms with van der Waals surface area (Å²) in [5.74, 6) is 0.744. The van der Waals surface area contributed by atoms with Crippen LogP contribution >= 0.6 is 0 Å². The van der Waals surface area contributed by atoms with Crippen LogP contribution in [0.1, 0.15) is 33.6 Å². The van der Waals surface area contributed by atoms with Gasteiger partial charge in [-0.15, -0.1) is 0 Å². The molecule has 3 heteroatoms. The molecule has 0 N–H and O–H groups in total. The number of hydrogen-bond donors (Lipinski definition) is 0. The van der Waals surface area contributed by atoms with Gasteiger partial charge in [0.2, 0.25) is 0 Å². The fourth-order valence-corrected chi connectivity index (χ4v) is 1.02. The smallest absolute Gasteiger partial charge is 0.156 e. The zero-order valence-electron chi connectivity index (χ0n) is 8.45. The molecule has 0 atom stereocenters. The Balaban J connectivity index is 2.68. The van der Waals surface area contributed by atoms with Gasteiger partial charge in [-0.2, -0.15) is 0 Å². The Morgan fingerprint density at radius 3 is 2.23 bits per heavy atom. The Morgan fingerprint density at radius 1 is 1.23 bits per heavy atom. The molecule has 0 aromatic carbocycles. The lowest BCUT2D eigenvalue weighted by atomic mass is 10.0. The van der Waals surface area contributed by atoms with E-state index in [0.29, 0.717) is 0 Å². The van der Waals surface area contributed by atoms with Gasteiger partial charge >= 0.3 is 0 Å². The van der Waals surface area contributed by atoms with Crippen molar-refractivity contribution in [3.63, 3.8) is 0 Å². The lowest BCUT2D eigenvalue weighted by Gasteiger charge is -2.27. The molecular weight excluding hydrogens is 164 g/mol. The molecule has 0 spiro atoms. The Labute approximate surface area is 79.2 Å². The standard InChI is InChI=1S/C10H16N2O/c1-4-10(3,5-2)13-9-6-11-8-12-7-9/h6-8H,4-5H2,1-3H3. The van der Waals surface area contributed by atoms with Crippen LogP contribution in [0.5, 0.6) is 5.75 Å². The van der Waals surface area contributed by atoms with E-state index in [-0.39, 0.29) is 5.60 Å². The summed E-state index contributed by atoms with van der Waals surface area (Å²) in [6.45, 7) is 6.33. The van der Waals surface area contributed by atoms with Gasteiger partial charge in [-0.25, -0.2) is 9.97 Å². The number of ether oxygens (including phenoxy) is 1. The minimum atomic E-state index is -0.0925. The minimum Gasteiger partial charge on any atom is -0.484 e. The lowest BCUT2D eigenvalue weighted by Crippen LogP contribution is -2.30. The Hall–Kier alpha value is -1.12. The van der Waals surface area contributed by atoms with Crippen LogP contribution in [0.2, 0.25) is 0 Å². The summed E-state index contributed by atoms with van der Waals surface area (Å²) >= 11 is 0. The van der Waals surface area contributed by atoms with E-state index >= 15 is 0 Å². The van der Waals surface area contributed by atoms with Crippen molar-refractivity contribution < 1.29 is 4.74 Å². The maximum Gasteiger partial charge on any atom is 0.156 e. The molecular formula is C10H16N2O. The summed E-state index contributed by atoms with van der Waals surface area (Å²) in [7, 11) is 0. The second-order valence-corrected chi connectivity index (χ2v) is 3.33. The van der Waals surface area contributed by atoms with Gasteiger partial charge in [0, 0.05) is 0 Å². The second kappa shape index (κ2) is 4.21. The van der Waals surface area contributed by atoms with Crippen LogP contribution in [-0.2, 0) is 0 Å². The Bertz CT molecular complexity index is 244. The predicted octanol–water partition coefficient (Wildman–Crippen LogP) is 2.43. The molecule has 13 heavy (non-hydrogen) atoms. The van der Waals surface area contributed by atoms with Crippen LogP contribution < -0.4 is 4.74 Å². The van der Waals surface area contributed by atoms with E-state index in [4.69, 9.17) is 4.74 Å². The average Bonchev–Trinajstić information content (AvgIpc) is 2.19. The zero-order valence-corrected chi connectivity index (χ0v) is 8.45. The zero-order chi connectivity index (χ0) is 9.73. The highest BCUT2D eigenvalue weighted by molar-refractivity contribution is 5.11. The van der Waals surface area contributed by atoms with Crippen LogP contribution in [-0.4, -0.2) is 15.6 Å². The van der Waals surface area contributed by atoms with Gasteiger partial charge in [-0.3, -0.25) is 0 Å². The van der Waals surface area contributed by atoms with E-state index in [2.05, 4.69) is 30.7 Å². The van der Waals surface area contributed by atoms with Crippen LogP contribution in [0, 0.1) is 0 Å². The SMILES string of the molecule is CCC(C)(CC)Oc1cncnc1. The quantitative estimate of drug-likeness (QED) is 0.713. The molecule has 3 nitrogen and oxygen atoms in total. The molecule has 1 rings (SSSR count). The number of nitrogens with zero attached hydrogens (tertiary/aromatic N) is 2. The molecule has 1 aromatic heterocycles. The van der Waals surface area contributed by atoms with Gasteiger partial charge in [0.05, 0.1) is 12.4 Å². The molecule has 1 heterocycles. The van der Waals surface area contributed by atoms with Gasteiger partial charge in [0.15, 0.2) is 5.75 Å². The van der Waals surface area contributed by atoms with Crippen LogP contribution in [0.25, 0.3) is 0 Å². The second-order valence-electron chi connectivity index (χ2n) is 3.33. The Morgan fingerprint density at radius 2 is 1.77 bits per heavy atom. The average molecular weight is 180 g/mol.